The summed E-state index contributed by atoms with van der Waals surface area (Å²) in [6.07, 6.45) is 9.79. The van der Waals surface area contributed by atoms with Crippen LogP contribution in [0.25, 0.3) is 0 Å². The van der Waals surface area contributed by atoms with E-state index in [0.717, 1.165) is 0 Å². The van der Waals surface area contributed by atoms with Gasteiger partial charge in [0.25, 0.3) is 0 Å². The molecule has 4 heteroatoms. The van der Waals surface area contributed by atoms with Crippen molar-refractivity contribution >= 4 is 11.9 Å². The molecule has 4 nitrogen and oxygen atoms in total. The van der Waals surface area contributed by atoms with E-state index in [4.69, 9.17) is 11.2 Å². The first-order chi connectivity index (χ1) is 8.35. The quantitative estimate of drug-likeness (QED) is 0.466. The van der Waals surface area contributed by atoms with Gasteiger partial charge in [-0.15, -0.1) is 6.42 Å². The largest absolute Gasteiger partial charge is 0.481 e. The molecule has 1 saturated carbocycles. The second-order valence-corrected chi connectivity index (χ2v) is 5.41. The molecule has 4 atom stereocenters. The maximum absolute atomic E-state index is 12.1. The van der Waals surface area contributed by atoms with Crippen LogP contribution in [0.2, 0.25) is 0 Å². The molecule has 0 spiro atoms. The van der Waals surface area contributed by atoms with Crippen LogP contribution in [0.4, 0.5) is 0 Å². The Labute approximate surface area is 106 Å². The fourth-order valence-corrected chi connectivity index (χ4v) is 2.83. The zero-order chi connectivity index (χ0) is 13.5. The minimum atomic E-state index is -0.994. The summed E-state index contributed by atoms with van der Waals surface area (Å²) in [5.41, 5.74) is -0.994. The van der Waals surface area contributed by atoms with Crippen molar-refractivity contribution in [3.63, 3.8) is 0 Å². The molecule has 4 unspecified atom stereocenters. The Kier molecular flexibility index (Phi) is 2.94. The van der Waals surface area contributed by atoms with Crippen LogP contribution in [-0.4, -0.2) is 22.6 Å². The summed E-state index contributed by atoms with van der Waals surface area (Å²) < 4.78 is 5.23. The SMILES string of the molecule is C#CC(C)(C)OC(=O)C1C2C=CC(C2)C1C(=O)O. The number of esters is 1. The number of carboxylic acids is 1. The summed E-state index contributed by atoms with van der Waals surface area (Å²) in [6.45, 7) is 3.23. The molecule has 2 aliphatic carbocycles. The first kappa shape index (κ1) is 12.7. The van der Waals surface area contributed by atoms with Crippen molar-refractivity contribution in [2.24, 2.45) is 23.7 Å². The molecule has 0 amide bonds. The molecule has 2 bridgehead atoms. The molecule has 0 saturated heterocycles. The zero-order valence-electron chi connectivity index (χ0n) is 10.4. The van der Waals surface area contributed by atoms with Gasteiger partial charge in [-0.3, -0.25) is 9.59 Å². The van der Waals surface area contributed by atoms with Crippen molar-refractivity contribution < 1.29 is 19.4 Å². The summed E-state index contributed by atoms with van der Waals surface area (Å²) >= 11 is 0. The molecule has 1 fully saturated rings. The average molecular weight is 248 g/mol. The lowest BCUT2D eigenvalue weighted by molar-refractivity contribution is -0.164. The van der Waals surface area contributed by atoms with E-state index in [1.807, 2.05) is 12.2 Å². The number of rotatable bonds is 3. The van der Waals surface area contributed by atoms with E-state index in [0.29, 0.717) is 6.42 Å². The van der Waals surface area contributed by atoms with Gasteiger partial charge in [-0.05, 0) is 32.1 Å². The lowest BCUT2D eigenvalue weighted by atomic mass is 9.83. The van der Waals surface area contributed by atoms with E-state index in [9.17, 15) is 14.7 Å². The second-order valence-electron chi connectivity index (χ2n) is 5.41. The standard InChI is InChI=1S/C14H16O4/c1-4-14(2,3)18-13(17)11-9-6-5-8(7-9)10(11)12(15)16/h1,5-6,8-11H,7H2,2-3H3,(H,15,16). The Bertz CT molecular complexity index is 455. The summed E-state index contributed by atoms with van der Waals surface area (Å²) in [5, 5.41) is 9.23. The molecular formula is C14H16O4. The van der Waals surface area contributed by atoms with Crippen LogP contribution in [-0.2, 0) is 14.3 Å². The molecule has 0 aromatic carbocycles. The third kappa shape index (κ3) is 2.01. The molecule has 96 valence electrons. The third-order valence-corrected chi connectivity index (χ3v) is 3.72. The number of hydrogen-bond donors (Lipinski definition) is 1. The van der Waals surface area contributed by atoms with Crippen molar-refractivity contribution in [3.05, 3.63) is 12.2 Å². The first-order valence-electron chi connectivity index (χ1n) is 5.97. The van der Waals surface area contributed by atoms with E-state index < -0.39 is 29.4 Å². The number of terminal acetylenes is 1. The van der Waals surface area contributed by atoms with E-state index >= 15 is 0 Å². The Morgan fingerprint density at radius 1 is 1.33 bits per heavy atom. The Morgan fingerprint density at radius 3 is 2.39 bits per heavy atom. The predicted octanol–water partition coefficient (Wildman–Crippen LogP) is 1.46. The highest BCUT2D eigenvalue weighted by Crippen LogP contribution is 2.48. The van der Waals surface area contributed by atoms with Crippen LogP contribution < -0.4 is 0 Å². The van der Waals surface area contributed by atoms with E-state index in [-0.39, 0.29) is 11.8 Å². The topological polar surface area (TPSA) is 63.6 Å². The Balaban J connectivity index is 2.18. The molecule has 0 radical (unpaired) electrons. The summed E-state index contributed by atoms with van der Waals surface area (Å²) in [4.78, 5) is 23.4. The fourth-order valence-electron chi connectivity index (χ4n) is 2.83. The maximum Gasteiger partial charge on any atom is 0.311 e. The molecule has 0 aromatic heterocycles. The second kappa shape index (κ2) is 4.16. The number of aliphatic carboxylic acids is 1. The van der Waals surface area contributed by atoms with Gasteiger partial charge >= 0.3 is 11.9 Å². The van der Waals surface area contributed by atoms with Gasteiger partial charge in [-0.1, -0.05) is 18.1 Å². The van der Waals surface area contributed by atoms with Crippen LogP contribution in [0.15, 0.2) is 12.2 Å². The Hall–Kier alpha value is -1.76. The van der Waals surface area contributed by atoms with Gasteiger partial charge in [0.15, 0.2) is 5.60 Å². The van der Waals surface area contributed by atoms with Crippen molar-refractivity contribution in [3.8, 4) is 12.3 Å². The zero-order valence-corrected chi connectivity index (χ0v) is 10.4. The van der Waals surface area contributed by atoms with Gasteiger partial charge in [0, 0.05) is 0 Å². The highest BCUT2D eigenvalue weighted by atomic mass is 16.6. The molecule has 1 N–H and O–H groups in total. The van der Waals surface area contributed by atoms with Crippen molar-refractivity contribution in [1.29, 1.82) is 0 Å². The van der Waals surface area contributed by atoms with E-state index in [1.54, 1.807) is 13.8 Å². The van der Waals surface area contributed by atoms with Crippen LogP contribution in [0.3, 0.4) is 0 Å². The minimum absolute atomic E-state index is 0.0304. The predicted molar refractivity (Wildman–Crippen MR) is 64.4 cm³/mol. The van der Waals surface area contributed by atoms with Gasteiger partial charge in [0.05, 0.1) is 11.8 Å². The van der Waals surface area contributed by atoms with Gasteiger partial charge < -0.3 is 9.84 Å². The maximum atomic E-state index is 12.1. The minimum Gasteiger partial charge on any atom is -0.481 e. The number of carbonyl (C=O) groups excluding carboxylic acids is 1. The number of fused-ring (bicyclic) bond motifs is 2. The van der Waals surface area contributed by atoms with E-state index in [1.165, 1.54) is 0 Å². The summed E-state index contributed by atoms with van der Waals surface area (Å²) in [5.74, 6) is -0.433. The van der Waals surface area contributed by atoms with Crippen molar-refractivity contribution in [2.75, 3.05) is 0 Å². The number of ether oxygens (including phenoxy) is 1. The summed E-state index contributed by atoms with van der Waals surface area (Å²) in [7, 11) is 0. The number of allylic oxidation sites excluding steroid dienone is 2. The lowest BCUT2D eigenvalue weighted by Crippen LogP contribution is -2.38. The molecule has 0 heterocycles. The third-order valence-electron chi connectivity index (χ3n) is 3.72. The molecule has 18 heavy (non-hydrogen) atoms. The van der Waals surface area contributed by atoms with Gasteiger partial charge in [0.2, 0.25) is 0 Å². The number of hydrogen-bond acceptors (Lipinski definition) is 3. The Morgan fingerprint density at radius 2 is 1.89 bits per heavy atom. The smallest absolute Gasteiger partial charge is 0.311 e. The highest BCUT2D eigenvalue weighted by Gasteiger charge is 2.53. The monoisotopic (exact) mass is 248 g/mol. The molecular weight excluding hydrogens is 232 g/mol. The van der Waals surface area contributed by atoms with Crippen LogP contribution >= 0.6 is 0 Å². The normalized spacial score (nSPS) is 33.2. The lowest BCUT2D eigenvalue weighted by Gasteiger charge is -2.27. The van der Waals surface area contributed by atoms with Gasteiger partial charge in [-0.25, -0.2) is 0 Å². The van der Waals surface area contributed by atoms with Crippen molar-refractivity contribution in [1.82, 2.24) is 0 Å². The van der Waals surface area contributed by atoms with Crippen LogP contribution in [0, 0.1) is 36.0 Å². The number of carboxylic acid groups (broad SMARTS) is 1. The van der Waals surface area contributed by atoms with Crippen molar-refractivity contribution in [2.45, 2.75) is 25.9 Å². The van der Waals surface area contributed by atoms with Crippen LogP contribution in [0.1, 0.15) is 20.3 Å². The summed E-state index contributed by atoms with van der Waals surface area (Å²) in [6, 6.07) is 0. The van der Waals surface area contributed by atoms with Gasteiger partial charge in [0.1, 0.15) is 0 Å². The van der Waals surface area contributed by atoms with Gasteiger partial charge in [-0.2, -0.15) is 0 Å². The van der Waals surface area contributed by atoms with E-state index in [2.05, 4.69) is 5.92 Å². The fraction of sp³-hybridized carbons (Fsp3) is 0.571. The average Bonchev–Trinajstić information content (AvgIpc) is 2.87. The van der Waals surface area contributed by atoms with Crippen LogP contribution in [0.5, 0.6) is 0 Å². The first-order valence-corrected chi connectivity index (χ1v) is 5.97. The molecule has 2 aliphatic rings. The molecule has 0 aromatic rings. The molecule has 0 aliphatic heterocycles. The highest BCUT2D eigenvalue weighted by molar-refractivity contribution is 5.83. The molecule has 2 rings (SSSR count). The number of carbonyl (C=O) groups is 2.